The molecule has 1 aromatic carbocycles. The molecule has 1 heterocycles. The van der Waals surface area contributed by atoms with Crippen molar-refractivity contribution in [1.82, 2.24) is 9.55 Å². The number of halogens is 1. The molecule has 3 nitrogen and oxygen atoms in total. The molecule has 0 saturated heterocycles. The number of hydrogen-bond donors (Lipinski definition) is 1. The molecule has 0 saturated carbocycles. The number of benzene rings is 1. The first-order chi connectivity index (χ1) is 8.22. The van der Waals surface area contributed by atoms with Crippen molar-refractivity contribution in [3.63, 3.8) is 0 Å². The molecule has 0 aliphatic rings. The molecule has 1 atom stereocenters. The van der Waals surface area contributed by atoms with Gasteiger partial charge in [-0.15, -0.1) is 0 Å². The molecular formula is C12H14BrN3S. The lowest BCUT2D eigenvalue weighted by molar-refractivity contribution is 0.783. The molecule has 0 amide bonds. The van der Waals surface area contributed by atoms with E-state index in [0.29, 0.717) is 6.54 Å². The van der Waals surface area contributed by atoms with Crippen molar-refractivity contribution in [3.8, 4) is 0 Å². The number of nitrogens with zero attached hydrogens (tertiary/aromatic N) is 2. The third-order valence-electron chi connectivity index (χ3n) is 2.49. The van der Waals surface area contributed by atoms with Crippen LogP contribution in [0.4, 0.5) is 0 Å². The van der Waals surface area contributed by atoms with Crippen LogP contribution in [0.2, 0.25) is 0 Å². The van der Waals surface area contributed by atoms with Gasteiger partial charge in [-0.1, -0.05) is 45.9 Å². The Kier molecular flexibility index (Phi) is 4.25. The Labute approximate surface area is 114 Å². The Hall–Kier alpha value is -0.780. The lowest BCUT2D eigenvalue weighted by atomic mass is 10.1. The molecule has 0 aliphatic heterocycles. The van der Waals surface area contributed by atoms with E-state index in [0.717, 1.165) is 9.63 Å². The number of thioether (sulfide) groups is 1. The first-order valence-electron chi connectivity index (χ1n) is 5.31. The topological polar surface area (TPSA) is 43.8 Å². The van der Waals surface area contributed by atoms with Crippen LogP contribution in [-0.4, -0.2) is 16.1 Å². The average Bonchev–Trinajstić information content (AvgIpc) is 2.73. The summed E-state index contributed by atoms with van der Waals surface area (Å²) in [6, 6.07) is 8.17. The third kappa shape index (κ3) is 2.91. The molecule has 90 valence electrons. The lowest BCUT2D eigenvalue weighted by Crippen LogP contribution is -2.10. The fourth-order valence-corrected chi connectivity index (χ4v) is 3.31. The van der Waals surface area contributed by atoms with Crippen molar-refractivity contribution >= 4 is 27.7 Å². The lowest BCUT2D eigenvalue weighted by Gasteiger charge is -2.15. The standard InChI is InChI=1S/C12H14BrN3S/c1-16-7-6-15-12(16)17-11(8-14)9-4-2-3-5-10(9)13/h2-7,11H,8,14H2,1H3. The Morgan fingerprint density at radius 2 is 2.24 bits per heavy atom. The molecule has 2 rings (SSSR count). The van der Waals surface area contributed by atoms with Gasteiger partial charge in [-0.05, 0) is 11.6 Å². The van der Waals surface area contributed by atoms with Crippen molar-refractivity contribution in [3.05, 3.63) is 46.7 Å². The predicted molar refractivity (Wildman–Crippen MR) is 75.0 cm³/mol. The Morgan fingerprint density at radius 1 is 1.47 bits per heavy atom. The van der Waals surface area contributed by atoms with Crippen LogP contribution in [0.5, 0.6) is 0 Å². The zero-order valence-corrected chi connectivity index (χ0v) is 11.9. The van der Waals surface area contributed by atoms with E-state index in [-0.39, 0.29) is 5.25 Å². The summed E-state index contributed by atoms with van der Waals surface area (Å²) in [5, 5.41) is 1.20. The number of nitrogens with two attached hydrogens (primary N) is 1. The summed E-state index contributed by atoms with van der Waals surface area (Å²) < 4.78 is 3.10. The van der Waals surface area contributed by atoms with Crippen LogP contribution < -0.4 is 5.73 Å². The van der Waals surface area contributed by atoms with Crippen LogP contribution in [0.25, 0.3) is 0 Å². The normalized spacial score (nSPS) is 12.6. The molecule has 2 aromatic rings. The summed E-state index contributed by atoms with van der Waals surface area (Å²) >= 11 is 5.25. The van der Waals surface area contributed by atoms with Crippen molar-refractivity contribution in [1.29, 1.82) is 0 Å². The number of hydrogen-bond acceptors (Lipinski definition) is 3. The first-order valence-corrected chi connectivity index (χ1v) is 6.98. The predicted octanol–water partition coefficient (Wildman–Crippen LogP) is 2.97. The van der Waals surface area contributed by atoms with Gasteiger partial charge in [0.25, 0.3) is 0 Å². The van der Waals surface area contributed by atoms with E-state index in [1.807, 2.05) is 36.0 Å². The van der Waals surface area contributed by atoms with E-state index in [2.05, 4.69) is 27.0 Å². The van der Waals surface area contributed by atoms with E-state index in [1.54, 1.807) is 18.0 Å². The van der Waals surface area contributed by atoms with Gasteiger partial charge in [0, 0.05) is 30.5 Å². The summed E-state index contributed by atoms with van der Waals surface area (Å²) in [5.74, 6) is 0. The van der Waals surface area contributed by atoms with E-state index < -0.39 is 0 Å². The second-order valence-corrected chi connectivity index (χ2v) is 5.71. The highest BCUT2D eigenvalue weighted by atomic mass is 79.9. The molecule has 5 heteroatoms. The summed E-state index contributed by atoms with van der Waals surface area (Å²) in [7, 11) is 1.99. The van der Waals surface area contributed by atoms with Crippen molar-refractivity contribution < 1.29 is 0 Å². The molecule has 17 heavy (non-hydrogen) atoms. The van der Waals surface area contributed by atoms with Gasteiger partial charge in [0.05, 0.1) is 5.25 Å². The molecular weight excluding hydrogens is 298 g/mol. The molecule has 0 aliphatic carbocycles. The number of imidazole rings is 1. The van der Waals surface area contributed by atoms with Gasteiger partial charge in [-0.2, -0.15) is 0 Å². The smallest absolute Gasteiger partial charge is 0.168 e. The van der Waals surface area contributed by atoms with E-state index in [4.69, 9.17) is 5.73 Å². The molecule has 2 N–H and O–H groups in total. The van der Waals surface area contributed by atoms with Crippen molar-refractivity contribution in [2.24, 2.45) is 12.8 Å². The number of aryl methyl sites for hydroxylation is 1. The highest BCUT2D eigenvalue weighted by molar-refractivity contribution is 9.10. The number of rotatable bonds is 4. The van der Waals surface area contributed by atoms with Gasteiger partial charge < -0.3 is 10.3 Å². The molecule has 0 bridgehead atoms. The van der Waals surface area contributed by atoms with E-state index in [9.17, 15) is 0 Å². The zero-order valence-electron chi connectivity index (χ0n) is 9.51. The maximum atomic E-state index is 5.86. The number of aromatic nitrogens is 2. The molecule has 1 unspecified atom stereocenters. The van der Waals surface area contributed by atoms with E-state index in [1.165, 1.54) is 5.56 Å². The van der Waals surface area contributed by atoms with Crippen molar-refractivity contribution in [2.45, 2.75) is 10.4 Å². The first kappa shape index (κ1) is 12.7. The van der Waals surface area contributed by atoms with Gasteiger partial charge >= 0.3 is 0 Å². The maximum absolute atomic E-state index is 5.86. The van der Waals surface area contributed by atoms with Gasteiger partial charge in [0.2, 0.25) is 0 Å². The summed E-state index contributed by atoms with van der Waals surface area (Å²) in [4.78, 5) is 4.31. The fourth-order valence-electron chi connectivity index (χ4n) is 1.57. The van der Waals surface area contributed by atoms with Crippen LogP contribution in [0.1, 0.15) is 10.8 Å². The minimum Gasteiger partial charge on any atom is -0.329 e. The molecule has 0 fully saturated rings. The minimum atomic E-state index is 0.215. The monoisotopic (exact) mass is 311 g/mol. The van der Waals surface area contributed by atoms with Crippen LogP contribution in [-0.2, 0) is 7.05 Å². The highest BCUT2D eigenvalue weighted by Crippen LogP contribution is 2.36. The maximum Gasteiger partial charge on any atom is 0.168 e. The van der Waals surface area contributed by atoms with Crippen LogP contribution in [0.15, 0.2) is 46.3 Å². The largest absolute Gasteiger partial charge is 0.329 e. The second-order valence-electron chi connectivity index (χ2n) is 3.68. The molecule has 0 radical (unpaired) electrons. The Morgan fingerprint density at radius 3 is 2.82 bits per heavy atom. The second kappa shape index (κ2) is 5.71. The Balaban J connectivity index is 2.23. The van der Waals surface area contributed by atoms with Crippen molar-refractivity contribution in [2.75, 3.05) is 6.54 Å². The van der Waals surface area contributed by atoms with Gasteiger partial charge in [-0.3, -0.25) is 0 Å². The molecule has 0 spiro atoms. The average molecular weight is 312 g/mol. The third-order valence-corrected chi connectivity index (χ3v) is 4.55. The van der Waals surface area contributed by atoms with E-state index >= 15 is 0 Å². The summed E-state index contributed by atoms with van der Waals surface area (Å²) in [5.41, 5.74) is 7.07. The minimum absolute atomic E-state index is 0.215. The summed E-state index contributed by atoms with van der Waals surface area (Å²) in [6.07, 6.45) is 3.74. The quantitative estimate of drug-likeness (QED) is 0.883. The highest BCUT2D eigenvalue weighted by Gasteiger charge is 2.16. The van der Waals surface area contributed by atoms with Crippen LogP contribution in [0, 0.1) is 0 Å². The fraction of sp³-hybridized carbons (Fsp3) is 0.250. The Bertz CT molecular complexity index is 498. The summed E-state index contributed by atoms with van der Waals surface area (Å²) in [6.45, 7) is 0.583. The van der Waals surface area contributed by atoms with Crippen LogP contribution in [0.3, 0.4) is 0 Å². The zero-order chi connectivity index (χ0) is 12.3. The van der Waals surface area contributed by atoms with Gasteiger partial charge in [0.1, 0.15) is 0 Å². The van der Waals surface area contributed by atoms with Crippen LogP contribution >= 0.6 is 27.7 Å². The van der Waals surface area contributed by atoms with Gasteiger partial charge in [0.15, 0.2) is 5.16 Å². The van der Waals surface area contributed by atoms with Gasteiger partial charge in [-0.25, -0.2) is 4.98 Å². The molecule has 1 aromatic heterocycles. The SMILES string of the molecule is Cn1ccnc1SC(CN)c1ccccc1Br.